The minimum atomic E-state index is -2.01. The topological polar surface area (TPSA) is 0 Å². The molecule has 0 radical (unpaired) electrons. The average Bonchev–Trinajstić information content (AvgIpc) is 1.88. The van der Waals surface area contributed by atoms with Gasteiger partial charge in [0, 0.05) is 24.7 Å². The van der Waals surface area contributed by atoms with Crippen LogP contribution >= 0.6 is 139 Å². The Kier molecular flexibility index (Phi) is 9.15. The number of rotatable bonds is 3. The molecule has 0 saturated carbocycles. The Bertz CT molecular complexity index is 272. The van der Waals surface area contributed by atoms with Gasteiger partial charge in [0.2, 0.25) is 0 Å². The third-order valence-corrected chi connectivity index (χ3v) is 4.62. The van der Waals surface area contributed by atoms with E-state index in [1.54, 1.807) is 0 Å². The van der Waals surface area contributed by atoms with Crippen molar-refractivity contribution in [2.75, 3.05) is 0 Å². The molecular weight excluding hydrogens is 522 g/mol. The molecule has 0 heterocycles. The van der Waals surface area contributed by atoms with Crippen molar-refractivity contribution in [2.45, 2.75) is 34.4 Å². The third kappa shape index (κ3) is 9.70. The molecule has 0 nitrogen and oxygen atoms in total. The van der Waals surface area contributed by atoms with Gasteiger partial charge in [0.15, 0.2) is 15.2 Å². The standard InChI is InChI=1S/C8H6Cl12/c9-5(10,11)1-4(8(18,19)20,2-6(12,13)14)3-7(15,16)17/h1-3H2. The predicted octanol–water partition coefficient (Wildman–Crippen LogP) is 8.62. The van der Waals surface area contributed by atoms with Crippen molar-refractivity contribution in [3.05, 3.63) is 0 Å². The van der Waals surface area contributed by atoms with Crippen molar-refractivity contribution in [2.24, 2.45) is 5.41 Å². The molecule has 0 aliphatic carbocycles. The van der Waals surface area contributed by atoms with E-state index in [0.717, 1.165) is 0 Å². The molecule has 0 aromatic heterocycles. The molecule has 122 valence electrons. The van der Waals surface area contributed by atoms with E-state index in [2.05, 4.69) is 0 Å². The van der Waals surface area contributed by atoms with Crippen molar-refractivity contribution in [3.8, 4) is 0 Å². The van der Waals surface area contributed by atoms with E-state index in [0.29, 0.717) is 0 Å². The lowest BCUT2D eigenvalue weighted by molar-refractivity contribution is 0.229. The quantitative estimate of drug-likeness (QED) is 0.322. The van der Waals surface area contributed by atoms with Crippen molar-refractivity contribution in [1.29, 1.82) is 0 Å². The van der Waals surface area contributed by atoms with Gasteiger partial charge >= 0.3 is 0 Å². The molecule has 0 N–H and O–H groups in total. The van der Waals surface area contributed by atoms with Crippen LogP contribution in [0.4, 0.5) is 0 Å². The van der Waals surface area contributed by atoms with Gasteiger partial charge in [0.1, 0.15) is 0 Å². The summed E-state index contributed by atoms with van der Waals surface area (Å²) in [6, 6.07) is 0. The Hall–Kier alpha value is 3.48. The van der Waals surface area contributed by atoms with E-state index in [4.69, 9.17) is 139 Å². The van der Waals surface area contributed by atoms with Gasteiger partial charge in [-0.1, -0.05) is 139 Å². The maximum atomic E-state index is 5.98. The Morgan fingerprint density at radius 3 is 0.700 bits per heavy atom. The van der Waals surface area contributed by atoms with Crippen LogP contribution in [-0.4, -0.2) is 15.2 Å². The van der Waals surface area contributed by atoms with Gasteiger partial charge in [-0.05, 0) is 0 Å². The van der Waals surface area contributed by atoms with Gasteiger partial charge in [0.05, 0.1) is 0 Å². The first kappa shape index (κ1) is 23.5. The number of alkyl halides is 12. The van der Waals surface area contributed by atoms with Crippen molar-refractivity contribution >= 4 is 139 Å². The third-order valence-electron chi connectivity index (χ3n) is 2.22. The molecule has 0 bridgehead atoms. The highest BCUT2D eigenvalue weighted by atomic mass is 35.6. The molecule has 20 heavy (non-hydrogen) atoms. The molecule has 12 heteroatoms. The highest BCUT2D eigenvalue weighted by molar-refractivity contribution is 6.71. The van der Waals surface area contributed by atoms with E-state index in [1.807, 2.05) is 0 Å². The van der Waals surface area contributed by atoms with Gasteiger partial charge in [0.25, 0.3) is 0 Å². The lowest BCUT2D eigenvalue weighted by atomic mass is 9.80. The van der Waals surface area contributed by atoms with Crippen LogP contribution in [0.2, 0.25) is 0 Å². The molecule has 0 aliphatic rings. The molecule has 0 aliphatic heterocycles. The first-order chi connectivity index (χ1) is 8.37. The van der Waals surface area contributed by atoms with Crippen LogP contribution in [0.3, 0.4) is 0 Å². The van der Waals surface area contributed by atoms with Gasteiger partial charge in [-0.3, -0.25) is 0 Å². The molecule has 0 rings (SSSR count). The average molecular weight is 528 g/mol. The summed E-state index contributed by atoms with van der Waals surface area (Å²) in [5, 5.41) is 0. The first-order valence-corrected chi connectivity index (χ1v) is 9.17. The normalized spacial score (nSPS) is 15.6. The minimum Gasteiger partial charge on any atom is -0.0837 e. The van der Waals surface area contributed by atoms with Gasteiger partial charge in [-0.15, -0.1) is 0 Å². The highest BCUT2D eigenvalue weighted by Crippen LogP contribution is 2.62. The highest BCUT2D eigenvalue weighted by Gasteiger charge is 2.57. The van der Waals surface area contributed by atoms with Crippen LogP contribution in [0.25, 0.3) is 0 Å². The molecule has 0 spiro atoms. The van der Waals surface area contributed by atoms with Crippen molar-refractivity contribution < 1.29 is 0 Å². The van der Waals surface area contributed by atoms with Crippen molar-refractivity contribution in [3.63, 3.8) is 0 Å². The van der Waals surface area contributed by atoms with Gasteiger partial charge in [-0.25, -0.2) is 0 Å². The maximum absolute atomic E-state index is 5.98. The molecule has 0 saturated heterocycles. The lowest BCUT2D eigenvalue weighted by Crippen LogP contribution is -2.44. The molecular formula is C8H6Cl12. The summed E-state index contributed by atoms with van der Waals surface area (Å²) in [5.74, 6) is 0. The fourth-order valence-electron chi connectivity index (χ4n) is 1.64. The zero-order valence-electron chi connectivity index (χ0n) is 9.16. The van der Waals surface area contributed by atoms with E-state index in [9.17, 15) is 0 Å². The Labute approximate surface area is 177 Å². The van der Waals surface area contributed by atoms with E-state index in [-0.39, 0.29) is 19.3 Å². The second-order valence-electron chi connectivity index (χ2n) is 4.15. The number of hydrogen-bond donors (Lipinski definition) is 0. The molecule has 0 fully saturated rings. The zero-order valence-corrected chi connectivity index (χ0v) is 18.2. The van der Waals surface area contributed by atoms with Crippen LogP contribution in [0.5, 0.6) is 0 Å². The van der Waals surface area contributed by atoms with Crippen LogP contribution in [0, 0.1) is 5.41 Å². The molecule has 0 amide bonds. The molecule has 0 atom stereocenters. The second-order valence-corrected chi connectivity index (χ2v) is 14.0. The van der Waals surface area contributed by atoms with E-state index >= 15 is 0 Å². The van der Waals surface area contributed by atoms with Crippen LogP contribution in [0.15, 0.2) is 0 Å². The van der Waals surface area contributed by atoms with Crippen molar-refractivity contribution in [1.82, 2.24) is 0 Å². The molecule has 0 aromatic rings. The van der Waals surface area contributed by atoms with E-state index in [1.165, 1.54) is 0 Å². The van der Waals surface area contributed by atoms with E-state index < -0.39 is 20.6 Å². The Morgan fingerprint density at radius 2 is 0.600 bits per heavy atom. The van der Waals surface area contributed by atoms with Crippen LogP contribution in [0.1, 0.15) is 19.3 Å². The van der Waals surface area contributed by atoms with Gasteiger partial charge in [-0.2, -0.15) is 0 Å². The summed E-state index contributed by atoms with van der Waals surface area (Å²) < 4.78 is -7.44. The Morgan fingerprint density at radius 1 is 0.400 bits per heavy atom. The smallest absolute Gasteiger partial charge is 0.0837 e. The lowest BCUT2D eigenvalue weighted by Gasteiger charge is -2.44. The fourth-order valence-corrected chi connectivity index (χ4v) is 4.54. The summed E-state index contributed by atoms with van der Waals surface area (Å²) in [4.78, 5) is 0. The maximum Gasteiger partial charge on any atom is 0.196 e. The van der Waals surface area contributed by atoms with Crippen LogP contribution in [-0.2, 0) is 0 Å². The Balaban J connectivity index is 5.78. The monoisotopic (exact) mass is 522 g/mol. The second kappa shape index (κ2) is 7.79. The van der Waals surface area contributed by atoms with Gasteiger partial charge < -0.3 is 0 Å². The zero-order chi connectivity index (χ0) is 16.6. The summed E-state index contributed by atoms with van der Waals surface area (Å²) >= 11 is 69.9. The largest absolute Gasteiger partial charge is 0.196 e. The minimum absolute atomic E-state index is 0.303. The number of hydrogen-bond acceptors (Lipinski definition) is 0. The number of halogens is 12. The summed E-state index contributed by atoms with van der Waals surface area (Å²) in [6.07, 6.45) is -0.908. The summed E-state index contributed by atoms with van der Waals surface area (Å²) in [7, 11) is 0. The molecule has 0 unspecified atom stereocenters. The molecule has 0 aromatic carbocycles. The first-order valence-electron chi connectivity index (χ1n) is 4.64. The summed E-state index contributed by atoms with van der Waals surface area (Å²) in [5.41, 5.74) is -1.50. The SMILES string of the molecule is ClC(Cl)(Cl)CC(CC(Cl)(Cl)Cl)(CC(Cl)(Cl)Cl)C(Cl)(Cl)Cl. The van der Waals surface area contributed by atoms with Crippen LogP contribution < -0.4 is 0 Å². The summed E-state index contributed by atoms with van der Waals surface area (Å²) in [6.45, 7) is 0. The predicted molar refractivity (Wildman–Crippen MR) is 97.4 cm³/mol. The fraction of sp³-hybridized carbons (Fsp3) is 1.00.